The van der Waals surface area contributed by atoms with Gasteiger partial charge in [-0.15, -0.1) is 0 Å². The number of nitrogens with one attached hydrogen (secondary N) is 1. The van der Waals surface area contributed by atoms with Crippen molar-refractivity contribution in [3.63, 3.8) is 0 Å². The zero-order chi connectivity index (χ0) is 25.1. The monoisotopic (exact) mass is 481 g/mol. The van der Waals surface area contributed by atoms with Crippen molar-refractivity contribution < 1.29 is 23.8 Å². The molecular formula is C28H23N3O5. The summed E-state index contributed by atoms with van der Waals surface area (Å²) in [6.45, 7) is 1.81. The van der Waals surface area contributed by atoms with Gasteiger partial charge in [-0.25, -0.2) is 9.78 Å². The molecule has 2 heterocycles. The van der Waals surface area contributed by atoms with E-state index < -0.39 is 18.2 Å². The van der Waals surface area contributed by atoms with E-state index in [1.165, 1.54) is 0 Å². The molecule has 1 unspecified atom stereocenters. The number of oxazole rings is 1. The fourth-order valence-electron chi connectivity index (χ4n) is 3.98. The number of benzene rings is 3. The van der Waals surface area contributed by atoms with Crippen molar-refractivity contribution in [2.45, 2.75) is 19.4 Å². The summed E-state index contributed by atoms with van der Waals surface area (Å²) in [7, 11) is 0. The van der Waals surface area contributed by atoms with Gasteiger partial charge in [0.25, 0.3) is 0 Å². The summed E-state index contributed by atoms with van der Waals surface area (Å²) in [5.41, 5.74) is 4.30. The number of aliphatic carboxylic acids is 1. The van der Waals surface area contributed by atoms with Crippen LogP contribution in [-0.4, -0.2) is 26.6 Å². The zero-order valence-corrected chi connectivity index (χ0v) is 19.4. The molecule has 1 atom stereocenters. The van der Waals surface area contributed by atoms with Crippen LogP contribution in [0.15, 0.2) is 95.7 Å². The summed E-state index contributed by atoms with van der Waals surface area (Å²) in [5.74, 6) is 0.346. The average molecular weight is 482 g/mol. The summed E-state index contributed by atoms with van der Waals surface area (Å²) >= 11 is 0. The minimum Gasteiger partial charge on any atom is -0.481 e. The lowest BCUT2D eigenvalue weighted by Crippen LogP contribution is -2.17. The molecule has 0 saturated heterocycles. The zero-order valence-electron chi connectivity index (χ0n) is 19.4. The summed E-state index contributed by atoms with van der Waals surface area (Å²) in [6.07, 6.45) is 2.24. The molecule has 2 N–H and O–H groups in total. The molecule has 0 spiro atoms. The van der Waals surface area contributed by atoms with Gasteiger partial charge >= 0.3 is 17.9 Å². The van der Waals surface area contributed by atoms with Crippen molar-refractivity contribution in [1.29, 1.82) is 0 Å². The van der Waals surface area contributed by atoms with Gasteiger partial charge in [0, 0.05) is 18.0 Å². The van der Waals surface area contributed by atoms with Crippen molar-refractivity contribution in [3.8, 4) is 22.5 Å². The lowest BCUT2D eigenvalue weighted by molar-refractivity contribution is -0.136. The molecule has 8 heteroatoms. The van der Waals surface area contributed by atoms with Crippen LogP contribution >= 0.6 is 0 Å². The summed E-state index contributed by atoms with van der Waals surface area (Å²) in [4.78, 5) is 27.8. The quantitative estimate of drug-likeness (QED) is 0.287. The van der Waals surface area contributed by atoms with Crippen molar-refractivity contribution in [1.82, 2.24) is 9.38 Å². The van der Waals surface area contributed by atoms with Gasteiger partial charge in [-0.1, -0.05) is 78.9 Å². The number of carboxylic acids is 1. The van der Waals surface area contributed by atoms with Gasteiger partial charge in [0.1, 0.15) is 6.10 Å². The molecule has 1 amide bonds. The van der Waals surface area contributed by atoms with E-state index in [1.807, 2.05) is 85.8 Å². The highest BCUT2D eigenvalue weighted by Gasteiger charge is 2.21. The van der Waals surface area contributed by atoms with Crippen LogP contribution < -0.4 is 5.32 Å². The summed E-state index contributed by atoms with van der Waals surface area (Å²) in [5, 5.41) is 11.8. The topological polar surface area (TPSA) is 106 Å². The highest BCUT2D eigenvalue weighted by Crippen LogP contribution is 2.33. The summed E-state index contributed by atoms with van der Waals surface area (Å²) in [6, 6.07) is 24.6. The largest absolute Gasteiger partial charge is 0.481 e. The molecule has 0 fully saturated rings. The van der Waals surface area contributed by atoms with Crippen molar-refractivity contribution in [2.24, 2.45) is 0 Å². The van der Waals surface area contributed by atoms with Gasteiger partial charge in [0.05, 0.1) is 6.42 Å². The second-order valence-corrected chi connectivity index (χ2v) is 8.29. The Morgan fingerprint density at radius 3 is 2.28 bits per heavy atom. The van der Waals surface area contributed by atoms with Crippen LogP contribution in [0.5, 0.6) is 0 Å². The van der Waals surface area contributed by atoms with E-state index in [4.69, 9.17) is 14.3 Å². The molecule has 0 aliphatic rings. The number of fused-ring (bicyclic) bond motifs is 1. The van der Waals surface area contributed by atoms with E-state index in [-0.39, 0.29) is 6.42 Å². The van der Waals surface area contributed by atoms with Crippen LogP contribution in [0.1, 0.15) is 24.2 Å². The smallest absolute Gasteiger partial charge is 0.413 e. The standard InChI is InChI=1S/C28H23N3O5/c1-18(20-5-3-2-4-6-20)35-28(34)30-26-25(36-27-29-15-16-31(26)27)23-13-11-22(12-14-23)21-9-7-19(8-10-21)17-24(32)33/h2-16,18H,17H2,1H3,(H,30,34)(H,32,33). The van der Waals surface area contributed by atoms with Gasteiger partial charge in [-0.05, 0) is 29.2 Å². The van der Waals surface area contributed by atoms with Crippen molar-refractivity contribution in [3.05, 3.63) is 102 Å². The van der Waals surface area contributed by atoms with Crippen LogP contribution in [0.4, 0.5) is 10.6 Å². The fourth-order valence-corrected chi connectivity index (χ4v) is 3.98. The Morgan fingerprint density at radius 1 is 0.972 bits per heavy atom. The molecule has 0 bridgehead atoms. The lowest BCUT2D eigenvalue weighted by atomic mass is 10.0. The molecule has 0 aliphatic heterocycles. The third-order valence-corrected chi connectivity index (χ3v) is 5.82. The molecule has 8 nitrogen and oxygen atoms in total. The number of amides is 1. The van der Waals surface area contributed by atoms with E-state index in [1.54, 1.807) is 16.8 Å². The number of ether oxygens (including phenoxy) is 1. The SMILES string of the molecule is CC(OC(=O)Nc1c(-c2ccc(-c3ccc(CC(=O)O)cc3)cc2)oc2nccn12)c1ccccc1. The second-order valence-electron chi connectivity index (χ2n) is 8.29. The number of carbonyl (C=O) groups excluding carboxylic acids is 1. The molecule has 0 saturated carbocycles. The Morgan fingerprint density at radius 2 is 1.61 bits per heavy atom. The Labute approximate surface area is 206 Å². The van der Waals surface area contributed by atoms with E-state index in [0.29, 0.717) is 17.4 Å². The minimum atomic E-state index is -0.861. The number of carboxylic acid groups (broad SMARTS) is 1. The highest BCUT2D eigenvalue weighted by atomic mass is 16.6. The van der Waals surface area contributed by atoms with Crippen molar-refractivity contribution in [2.75, 3.05) is 5.32 Å². The maximum atomic E-state index is 12.7. The Bertz CT molecular complexity index is 1500. The predicted octanol–water partition coefficient (Wildman–Crippen LogP) is 6.20. The van der Waals surface area contributed by atoms with E-state index in [9.17, 15) is 9.59 Å². The maximum absolute atomic E-state index is 12.7. The maximum Gasteiger partial charge on any atom is 0.413 e. The number of rotatable bonds is 7. The average Bonchev–Trinajstić information content (AvgIpc) is 3.47. The van der Waals surface area contributed by atoms with E-state index in [0.717, 1.165) is 27.8 Å². The second kappa shape index (κ2) is 9.79. The van der Waals surface area contributed by atoms with Gasteiger partial charge in [0.2, 0.25) is 0 Å². The molecule has 36 heavy (non-hydrogen) atoms. The normalized spacial score (nSPS) is 11.8. The van der Waals surface area contributed by atoms with Crippen molar-refractivity contribution >= 4 is 23.7 Å². The molecule has 180 valence electrons. The predicted molar refractivity (Wildman–Crippen MR) is 135 cm³/mol. The number of hydrogen-bond acceptors (Lipinski definition) is 5. The van der Waals surface area contributed by atoms with E-state index >= 15 is 0 Å². The van der Waals surface area contributed by atoms with E-state index in [2.05, 4.69) is 10.3 Å². The number of carbonyl (C=O) groups is 2. The van der Waals surface area contributed by atoms with Crippen LogP contribution in [0.2, 0.25) is 0 Å². The lowest BCUT2D eigenvalue weighted by Gasteiger charge is -2.14. The first-order chi connectivity index (χ1) is 17.5. The minimum absolute atomic E-state index is 0.0120. The van der Waals surface area contributed by atoms with Gasteiger partial charge in [-0.2, -0.15) is 0 Å². The number of anilines is 1. The number of aromatic nitrogens is 2. The third-order valence-electron chi connectivity index (χ3n) is 5.82. The summed E-state index contributed by atoms with van der Waals surface area (Å²) < 4.78 is 13.2. The molecule has 0 radical (unpaired) electrons. The van der Waals surface area contributed by atoms with Gasteiger partial charge < -0.3 is 14.3 Å². The van der Waals surface area contributed by atoms with Crippen LogP contribution in [0.25, 0.3) is 28.3 Å². The molecular weight excluding hydrogens is 458 g/mol. The number of imidazole rings is 1. The van der Waals surface area contributed by atoms with Crippen LogP contribution in [0.3, 0.4) is 0 Å². The van der Waals surface area contributed by atoms with Crippen LogP contribution in [0, 0.1) is 0 Å². The fraction of sp³-hybridized carbons (Fsp3) is 0.107. The number of hydrogen-bond donors (Lipinski definition) is 2. The molecule has 5 aromatic rings. The van der Waals surface area contributed by atoms with Gasteiger partial charge in [-0.3, -0.25) is 14.5 Å². The Hall–Kier alpha value is -4.85. The number of nitrogens with zero attached hydrogens (tertiary/aromatic N) is 2. The van der Waals surface area contributed by atoms with Crippen LogP contribution in [-0.2, 0) is 16.0 Å². The Kier molecular flexibility index (Phi) is 6.23. The first-order valence-corrected chi connectivity index (χ1v) is 11.4. The Balaban J connectivity index is 1.37. The first-order valence-electron chi connectivity index (χ1n) is 11.4. The molecule has 3 aromatic carbocycles. The molecule has 2 aromatic heterocycles. The molecule has 0 aliphatic carbocycles. The molecule has 5 rings (SSSR count). The highest BCUT2D eigenvalue weighted by molar-refractivity contribution is 5.89. The van der Waals surface area contributed by atoms with Gasteiger partial charge in [0.15, 0.2) is 11.6 Å². The first kappa shape index (κ1) is 22.9. The third kappa shape index (κ3) is 4.83.